The first-order valence-corrected chi connectivity index (χ1v) is 13.1. The molecule has 0 spiro atoms. The van der Waals surface area contributed by atoms with Crippen LogP contribution in [0.5, 0.6) is 11.5 Å². The molecule has 196 valence electrons. The summed E-state index contributed by atoms with van der Waals surface area (Å²) in [6, 6.07) is 20.2. The Labute approximate surface area is 226 Å². The van der Waals surface area contributed by atoms with Crippen molar-refractivity contribution < 1.29 is 19.1 Å². The van der Waals surface area contributed by atoms with E-state index >= 15 is 0 Å². The highest BCUT2D eigenvalue weighted by Gasteiger charge is 2.49. The third kappa shape index (κ3) is 4.28. The predicted octanol–water partition coefficient (Wildman–Crippen LogP) is 5.08. The molecule has 2 unspecified atom stereocenters. The number of methoxy groups -OCH3 is 1. The van der Waals surface area contributed by atoms with Crippen LogP contribution in [0.15, 0.2) is 66.7 Å². The number of nitrogens with one attached hydrogen (secondary N) is 1. The summed E-state index contributed by atoms with van der Waals surface area (Å²) in [5, 5.41) is 3.69. The zero-order chi connectivity index (χ0) is 26.4. The first-order valence-electron chi connectivity index (χ1n) is 12.7. The Bertz CT molecular complexity index is 1390. The molecule has 0 radical (unpaired) electrons. The van der Waals surface area contributed by atoms with Gasteiger partial charge in [-0.2, -0.15) is 0 Å². The molecule has 3 heterocycles. The van der Waals surface area contributed by atoms with E-state index in [1.165, 1.54) is 0 Å². The predicted molar refractivity (Wildman–Crippen MR) is 146 cm³/mol. The lowest BCUT2D eigenvalue weighted by molar-refractivity contribution is 0.0379. The third-order valence-corrected chi connectivity index (χ3v) is 7.83. The summed E-state index contributed by atoms with van der Waals surface area (Å²) >= 11 is 6.18. The molecule has 2 saturated heterocycles. The van der Waals surface area contributed by atoms with E-state index in [1.807, 2.05) is 54.3 Å². The molecule has 3 aliphatic heterocycles. The van der Waals surface area contributed by atoms with Crippen molar-refractivity contribution in [1.29, 1.82) is 0 Å². The molecule has 0 aliphatic carbocycles. The van der Waals surface area contributed by atoms with Gasteiger partial charge in [-0.05, 0) is 61.5 Å². The second-order valence-corrected chi connectivity index (χ2v) is 10.5. The molecule has 0 aromatic heterocycles. The Kier molecular flexibility index (Phi) is 6.07. The van der Waals surface area contributed by atoms with Crippen molar-refractivity contribution in [2.75, 3.05) is 43.1 Å². The van der Waals surface area contributed by atoms with Crippen LogP contribution in [0.25, 0.3) is 0 Å². The van der Waals surface area contributed by atoms with Gasteiger partial charge in [0.15, 0.2) is 5.72 Å². The van der Waals surface area contributed by atoms with Crippen molar-refractivity contribution in [2.24, 2.45) is 0 Å². The number of carbonyl (C=O) groups excluding carboxylic acids is 2. The van der Waals surface area contributed by atoms with Crippen LogP contribution in [-0.4, -0.2) is 55.9 Å². The highest BCUT2D eigenvalue weighted by Crippen LogP contribution is 2.46. The second-order valence-electron chi connectivity index (χ2n) is 10.0. The van der Waals surface area contributed by atoms with E-state index in [0.717, 1.165) is 30.1 Å². The van der Waals surface area contributed by atoms with Crippen LogP contribution in [0.2, 0.25) is 5.02 Å². The third-order valence-electron chi connectivity index (χ3n) is 7.59. The number of hydrogen-bond acceptors (Lipinski definition) is 5. The molecular weight excluding hydrogens is 504 g/mol. The Morgan fingerprint density at radius 2 is 1.79 bits per heavy atom. The molecule has 9 heteroatoms. The number of rotatable bonds is 4. The minimum atomic E-state index is -0.865. The van der Waals surface area contributed by atoms with Gasteiger partial charge in [-0.25, -0.2) is 4.79 Å². The number of ether oxygens (including phenoxy) is 2. The standard InChI is InChI=1S/C29H29ClN4O4/c1-29-18-25(24-16-20(30)8-11-26(24)38-29)31-28(36)34(29)21-9-6-19(7-10-21)27(35)33-14-12-32(13-15-33)22-4-3-5-23(17-22)37-2/h3-11,16-17,25H,12-15,18H2,1-2H3,(H,31,36). The van der Waals surface area contributed by atoms with Crippen molar-refractivity contribution in [3.8, 4) is 11.5 Å². The molecule has 8 nitrogen and oxygen atoms in total. The van der Waals surface area contributed by atoms with E-state index in [0.29, 0.717) is 41.5 Å². The Hall–Kier alpha value is -3.91. The molecule has 1 N–H and O–H groups in total. The molecule has 2 fully saturated rings. The number of hydrogen-bond donors (Lipinski definition) is 1. The maximum Gasteiger partial charge on any atom is 0.325 e. The van der Waals surface area contributed by atoms with Crippen LogP contribution in [-0.2, 0) is 0 Å². The Morgan fingerprint density at radius 3 is 2.53 bits per heavy atom. The van der Waals surface area contributed by atoms with Gasteiger partial charge in [0, 0.05) is 66.2 Å². The zero-order valence-corrected chi connectivity index (χ0v) is 22.1. The fourth-order valence-electron chi connectivity index (χ4n) is 5.65. The Morgan fingerprint density at radius 1 is 1.03 bits per heavy atom. The van der Waals surface area contributed by atoms with E-state index < -0.39 is 5.72 Å². The second kappa shape index (κ2) is 9.44. The molecule has 38 heavy (non-hydrogen) atoms. The van der Waals surface area contributed by atoms with Crippen molar-refractivity contribution >= 4 is 34.9 Å². The van der Waals surface area contributed by atoms with Gasteiger partial charge in [0.1, 0.15) is 11.5 Å². The SMILES string of the molecule is COc1cccc(N2CCN(C(=O)c3ccc(N4C(=O)NC5CC4(C)Oc4ccc(Cl)cc45)cc3)CC2)c1. The van der Waals surface area contributed by atoms with Crippen LogP contribution in [0.3, 0.4) is 0 Å². The minimum Gasteiger partial charge on any atom is -0.497 e. The van der Waals surface area contributed by atoms with Gasteiger partial charge in [-0.15, -0.1) is 0 Å². The molecule has 2 atom stereocenters. The first kappa shape index (κ1) is 24.4. The summed E-state index contributed by atoms with van der Waals surface area (Å²) in [4.78, 5) is 32.2. The lowest BCUT2D eigenvalue weighted by Crippen LogP contribution is -2.65. The average molecular weight is 533 g/mol. The van der Waals surface area contributed by atoms with E-state index in [-0.39, 0.29) is 18.0 Å². The van der Waals surface area contributed by atoms with Gasteiger partial charge in [0.2, 0.25) is 0 Å². The van der Waals surface area contributed by atoms with E-state index in [2.05, 4.69) is 16.3 Å². The summed E-state index contributed by atoms with van der Waals surface area (Å²) < 4.78 is 11.7. The topological polar surface area (TPSA) is 74.4 Å². The number of anilines is 2. The zero-order valence-electron chi connectivity index (χ0n) is 21.3. The average Bonchev–Trinajstić information content (AvgIpc) is 2.93. The van der Waals surface area contributed by atoms with Gasteiger partial charge < -0.3 is 24.6 Å². The molecule has 3 aromatic carbocycles. The summed E-state index contributed by atoms with van der Waals surface area (Å²) in [6.07, 6.45) is 0.574. The molecule has 3 aromatic rings. The first-order chi connectivity index (χ1) is 18.3. The number of carbonyl (C=O) groups is 2. The van der Waals surface area contributed by atoms with Crippen LogP contribution in [0.1, 0.15) is 35.3 Å². The summed E-state index contributed by atoms with van der Waals surface area (Å²) in [5.74, 6) is 1.51. The summed E-state index contributed by atoms with van der Waals surface area (Å²) in [5.41, 5.74) is 2.37. The van der Waals surface area contributed by atoms with Crippen LogP contribution >= 0.6 is 11.6 Å². The van der Waals surface area contributed by atoms with Gasteiger partial charge in [0.05, 0.1) is 13.2 Å². The maximum absolute atomic E-state index is 13.3. The molecule has 3 amide bonds. The monoisotopic (exact) mass is 532 g/mol. The van der Waals surface area contributed by atoms with Crippen molar-refractivity contribution in [1.82, 2.24) is 10.2 Å². The minimum absolute atomic E-state index is 0.0177. The molecular formula is C29H29ClN4O4. The highest BCUT2D eigenvalue weighted by atomic mass is 35.5. The molecule has 2 bridgehead atoms. The van der Waals surface area contributed by atoms with E-state index in [4.69, 9.17) is 21.1 Å². The molecule has 3 aliphatic rings. The number of benzene rings is 3. The number of halogens is 1. The van der Waals surface area contributed by atoms with Gasteiger partial charge in [-0.1, -0.05) is 17.7 Å². The van der Waals surface area contributed by atoms with E-state index in [1.54, 1.807) is 30.2 Å². The fourth-order valence-corrected chi connectivity index (χ4v) is 5.83. The summed E-state index contributed by atoms with van der Waals surface area (Å²) in [7, 11) is 1.66. The molecule has 6 rings (SSSR count). The van der Waals surface area contributed by atoms with Crippen molar-refractivity contribution in [3.05, 3.63) is 82.9 Å². The van der Waals surface area contributed by atoms with Crippen LogP contribution in [0, 0.1) is 0 Å². The lowest BCUT2D eigenvalue weighted by atomic mass is 9.90. The number of nitrogens with zero attached hydrogens (tertiary/aromatic N) is 3. The largest absolute Gasteiger partial charge is 0.497 e. The number of amides is 3. The Balaban J connectivity index is 1.15. The number of piperazine rings is 1. The van der Waals surface area contributed by atoms with Crippen LogP contribution in [0.4, 0.5) is 16.2 Å². The fraction of sp³-hybridized carbons (Fsp3) is 0.310. The summed E-state index contributed by atoms with van der Waals surface area (Å²) in [6.45, 7) is 4.66. The lowest BCUT2D eigenvalue weighted by Gasteiger charge is -2.50. The van der Waals surface area contributed by atoms with Gasteiger partial charge in [-0.3, -0.25) is 9.69 Å². The van der Waals surface area contributed by atoms with Crippen molar-refractivity contribution in [2.45, 2.75) is 25.1 Å². The molecule has 0 saturated carbocycles. The van der Waals surface area contributed by atoms with Gasteiger partial charge >= 0.3 is 6.03 Å². The normalized spacial score (nSPS) is 22.3. The van der Waals surface area contributed by atoms with Gasteiger partial charge in [0.25, 0.3) is 5.91 Å². The highest BCUT2D eigenvalue weighted by molar-refractivity contribution is 6.30. The van der Waals surface area contributed by atoms with E-state index in [9.17, 15) is 9.59 Å². The van der Waals surface area contributed by atoms with Crippen LogP contribution < -0.4 is 24.6 Å². The smallest absolute Gasteiger partial charge is 0.325 e. The maximum atomic E-state index is 13.3. The van der Waals surface area contributed by atoms with Crippen molar-refractivity contribution in [3.63, 3.8) is 0 Å². The number of urea groups is 1. The number of fused-ring (bicyclic) bond motifs is 4. The quantitative estimate of drug-likeness (QED) is 0.507.